The molecule has 5 rings (SSSR count). The van der Waals surface area contributed by atoms with Crippen LogP contribution < -0.4 is 10.6 Å². The number of nitrogens with one attached hydrogen (secondary N) is 2. The Morgan fingerprint density at radius 1 is 1.00 bits per heavy atom. The third-order valence-corrected chi connectivity index (χ3v) is 9.50. The van der Waals surface area contributed by atoms with E-state index in [1.54, 1.807) is 0 Å². The monoisotopic (exact) mass is 575 g/mol. The Bertz CT molecular complexity index is 1210. The van der Waals surface area contributed by atoms with Crippen molar-refractivity contribution in [1.82, 2.24) is 15.5 Å². The summed E-state index contributed by atoms with van der Waals surface area (Å²) in [6, 6.07) is 17.0. The Balaban J connectivity index is 1.30. The first-order valence-electron chi connectivity index (χ1n) is 15.9. The van der Waals surface area contributed by atoms with Crippen LogP contribution in [0.25, 0.3) is 0 Å². The van der Waals surface area contributed by atoms with Crippen molar-refractivity contribution in [2.45, 2.75) is 102 Å². The minimum atomic E-state index is -0.768. The van der Waals surface area contributed by atoms with E-state index in [-0.39, 0.29) is 29.8 Å². The summed E-state index contributed by atoms with van der Waals surface area (Å²) < 4.78 is 0. The molecule has 7 heteroatoms. The third-order valence-electron chi connectivity index (χ3n) is 9.50. The Morgan fingerprint density at radius 3 is 2.43 bits per heavy atom. The van der Waals surface area contributed by atoms with Crippen LogP contribution in [0.15, 0.2) is 54.6 Å². The van der Waals surface area contributed by atoms with Gasteiger partial charge in [0.05, 0.1) is 24.3 Å². The Hall–Kier alpha value is -2.74. The number of carbonyl (C=O) groups excluding carboxylic acids is 2. The molecule has 7 nitrogen and oxygen atoms in total. The van der Waals surface area contributed by atoms with Crippen LogP contribution in [0.3, 0.4) is 0 Å². The van der Waals surface area contributed by atoms with E-state index in [0.29, 0.717) is 31.2 Å². The van der Waals surface area contributed by atoms with Crippen LogP contribution in [0.1, 0.15) is 82.0 Å². The SMILES string of the molecule is CC(C)(C)NC(=O)[C@@H]1C[C@@H]2CCCC[C@@H]2CN1C[C@@H](O)C[C@@H](Cc1ccccc1)C(=O)N[C@H]1c2ccccc2C[C@H]1O. The van der Waals surface area contributed by atoms with Gasteiger partial charge in [-0.1, -0.05) is 73.9 Å². The largest absolute Gasteiger partial charge is 0.392 e. The van der Waals surface area contributed by atoms with Crippen LogP contribution in [0.2, 0.25) is 0 Å². The molecule has 2 fully saturated rings. The van der Waals surface area contributed by atoms with Gasteiger partial charge in [-0.2, -0.15) is 0 Å². The van der Waals surface area contributed by atoms with Crippen LogP contribution in [-0.2, 0) is 22.4 Å². The average molecular weight is 576 g/mol. The molecule has 0 bridgehead atoms. The maximum absolute atomic E-state index is 13.8. The number of amides is 2. The number of fused-ring (bicyclic) bond motifs is 2. The molecule has 2 aromatic carbocycles. The Labute approximate surface area is 251 Å². The van der Waals surface area contributed by atoms with Gasteiger partial charge in [-0.3, -0.25) is 14.5 Å². The molecule has 7 atom stereocenters. The van der Waals surface area contributed by atoms with E-state index < -0.39 is 24.2 Å². The zero-order chi connectivity index (χ0) is 29.9. The van der Waals surface area contributed by atoms with Crippen molar-refractivity contribution in [3.05, 3.63) is 71.3 Å². The number of benzene rings is 2. The van der Waals surface area contributed by atoms with E-state index >= 15 is 0 Å². The van der Waals surface area contributed by atoms with E-state index in [1.807, 2.05) is 75.4 Å². The molecule has 42 heavy (non-hydrogen) atoms. The highest BCUT2D eigenvalue weighted by Crippen LogP contribution is 2.39. The molecular formula is C35H49N3O4. The molecule has 1 heterocycles. The summed E-state index contributed by atoms with van der Waals surface area (Å²) in [4.78, 5) is 29.4. The van der Waals surface area contributed by atoms with E-state index in [4.69, 9.17) is 0 Å². The van der Waals surface area contributed by atoms with Crippen molar-refractivity contribution in [3.63, 3.8) is 0 Å². The second kappa shape index (κ2) is 13.3. The lowest BCUT2D eigenvalue weighted by molar-refractivity contribution is -0.133. The van der Waals surface area contributed by atoms with Crippen molar-refractivity contribution in [2.24, 2.45) is 17.8 Å². The fraction of sp³-hybridized carbons (Fsp3) is 0.600. The highest BCUT2D eigenvalue weighted by Gasteiger charge is 2.41. The van der Waals surface area contributed by atoms with Crippen molar-refractivity contribution in [1.29, 1.82) is 0 Å². The summed E-state index contributed by atoms with van der Waals surface area (Å²) in [5.74, 6) is 0.506. The molecule has 4 N–H and O–H groups in total. The first-order chi connectivity index (χ1) is 20.1. The molecule has 0 radical (unpaired) electrons. The summed E-state index contributed by atoms with van der Waals surface area (Å²) in [7, 11) is 0. The Kier molecular flexibility index (Phi) is 9.70. The normalized spacial score (nSPS) is 27.4. The molecule has 1 aliphatic heterocycles. The molecule has 2 aliphatic carbocycles. The zero-order valence-electron chi connectivity index (χ0n) is 25.5. The molecular weight excluding hydrogens is 526 g/mol. The summed E-state index contributed by atoms with van der Waals surface area (Å²) in [6.07, 6.45) is 5.48. The number of aliphatic hydroxyl groups excluding tert-OH is 2. The highest BCUT2D eigenvalue weighted by molar-refractivity contribution is 5.82. The number of β-amino-alcohol motifs (C(OH)–C–C–N with tert-alkyl or cyclic N) is 1. The number of hydrogen-bond donors (Lipinski definition) is 4. The fourth-order valence-corrected chi connectivity index (χ4v) is 7.50. The molecule has 0 spiro atoms. The molecule has 0 unspecified atom stereocenters. The van der Waals surface area contributed by atoms with E-state index in [1.165, 1.54) is 25.7 Å². The van der Waals surface area contributed by atoms with Crippen LogP contribution in [0.4, 0.5) is 0 Å². The van der Waals surface area contributed by atoms with Gasteiger partial charge in [-0.25, -0.2) is 0 Å². The first kappa shape index (κ1) is 30.7. The van der Waals surface area contributed by atoms with E-state index in [9.17, 15) is 19.8 Å². The number of aliphatic hydroxyl groups is 2. The lowest BCUT2D eigenvalue weighted by Gasteiger charge is -2.46. The van der Waals surface area contributed by atoms with Gasteiger partial charge in [0.25, 0.3) is 0 Å². The highest BCUT2D eigenvalue weighted by atomic mass is 16.3. The topological polar surface area (TPSA) is 102 Å². The molecule has 1 saturated carbocycles. The number of nitrogens with zero attached hydrogens (tertiary/aromatic N) is 1. The van der Waals surface area contributed by atoms with Crippen LogP contribution in [0, 0.1) is 17.8 Å². The fourth-order valence-electron chi connectivity index (χ4n) is 7.50. The number of hydrogen-bond acceptors (Lipinski definition) is 5. The van der Waals surface area contributed by atoms with Gasteiger partial charge >= 0.3 is 0 Å². The first-order valence-corrected chi connectivity index (χ1v) is 15.9. The maximum atomic E-state index is 13.8. The molecule has 2 aromatic rings. The van der Waals surface area contributed by atoms with E-state index in [2.05, 4.69) is 15.5 Å². The van der Waals surface area contributed by atoms with Gasteiger partial charge in [0.15, 0.2) is 0 Å². The lowest BCUT2D eigenvalue weighted by Crippen LogP contribution is -2.58. The number of carbonyl (C=O) groups is 2. The summed E-state index contributed by atoms with van der Waals surface area (Å²) in [5.41, 5.74) is 2.72. The smallest absolute Gasteiger partial charge is 0.237 e. The predicted octanol–water partition coefficient (Wildman–Crippen LogP) is 4.17. The second-order valence-electron chi connectivity index (χ2n) is 14.0. The molecule has 1 saturated heterocycles. The Morgan fingerprint density at radius 2 is 1.69 bits per heavy atom. The summed E-state index contributed by atoms with van der Waals surface area (Å²) in [6.45, 7) is 7.18. The number of piperidine rings is 1. The molecule has 228 valence electrons. The molecule has 2 amide bonds. The summed E-state index contributed by atoms with van der Waals surface area (Å²) in [5, 5.41) is 28.6. The quantitative estimate of drug-likeness (QED) is 0.360. The van der Waals surface area contributed by atoms with Gasteiger partial charge in [-0.05, 0) is 75.0 Å². The van der Waals surface area contributed by atoms with Gasteiger partial charge in [-0.15, -0.1) is 0 Å². The number of likely N-dealkylation sites (tertiary alicyclic amines) is 1. The van der Waals surface area contributed by atoms with Crippen LogP contribution in [-0.4, -0.2) is 63.8 Å². The minimum absolute atomic E-state index is 0.0335. The van der Waals surface area contributed by atoms with Crippen molar-refractivity contribution >= 4 is 11.8 Å². The maximum Gasteiger partial charge on any atom is 0.237 e. The predicted molar refractivity (Wildman–Crippen MR) is 165 cm³/mol. The van der Waals surface area contributed by atoms with Gasteiger partial charge < -0.3 is 20.8 Å². The zero-order valence-corrected chi connectivity index (χ0v) is 25.5. The van der Waals surface area contributed by atoms with E-state index in [0.717, 1.165) is 29.7 Å². The third kappa shape index (κ3) is 7.61. The van der Waals surface area contributed by atoms with Crippen molar-refractivity contribution < 1.29 is 19.8 Å². The molecule has 0 aromatic heterocycles. The standard InChI is InChI=1S/C35H49N3O4/c1-35(2,3)37-34(42)30-19-24-13-7-8-15-26(24)21-38(30)22-28(39)18-27(17-23-11-5-4-6-12-23)33(41)36-32-29-16-10-9-14-25(29)20-31(32)40/h4-6,9-12,14,16,24,26-28,30-32,39-40H,7-8,13,15,17-22H2,1-3H3,(H,36,41)(H,37,42)/t24-,26+,27+,28-,30-,31+,32-/m0/s1. The van der Waals surface area contributed by atoms with Crippen molar-refractivity contribution in [2.75, 3.05) is 13.1 Å². The van der Waals surface area contributed by atoms with Crippen LogP contribution in [0.5, 0.6) is 0 Å². The van der Waals surface area contributed by atoms with Gasteiger partial charge in [0, 0.05) is 31.0 Å². The number of rotatable bonds is 9. The average Bonchev–Trinajstić information content (AvgIpc) is 3.26. The molecule has 3 aliphatic rings. The van der Waals surface area contributed by atoms with Gasteiger partial charge in [0.2, 0.25) is 11.8 Å². The summed E-state index contributed by atoms with van der Waals surface area (Å²) >= 11 is 0. The van der Waals surface area contributed by atoms with Gasteiger partial charge in [0.1, 0.15) is 0 Å². The van der Waals surface area contributed by atoms with Crippen molar-refractivity contribution in [3.8, 4) is 0 Å². The lowest BCUT2D eigenvalue weighted by atomic mass is 9.72. The van der Waals surface area contributed by atoms with Crippen LogP contribution >= 0.6 is 0 Å². The second-order valence-corrected chi connectivity index (χ2v) is 14.0. The minimum Gasteiger partial charge on any atom is -0.392 e.